The summed E-state index contributed by atoms with van der Waals surface area (Å²) >= 11 is 0. The molecular formula is C2H4PY-. The van der Waals surface area contributed by atoms with Gasteiger partial charge in [-0.1, -0.05) is 0 Å². The summed E-state index contributed by atoms with van der Waals surface area (Å²) in [5.41, 5.74) is 0. The number of hydrogen-bond donors (Lipinski definition) is 0. The molecule has 1 radical (unpaired) electrons. The van der Waals surface area contributed by atoms with Gasteiger partial charge in [-0.05, 0) is 0 Å². The van der Waals surface area contributed by atoms with Crippen molar-refractivity contribution >= 4 is 14.7 Å². The van der Waals surface area contributed by atoms with Gasteiger partial charge in [-0.15, -0.1) is 0 Å². The normalized spacial score (nSPS) is 3.25. The fraction of sp³-hybridized carbons (Fsp3) is 0.500. The average Bonchev–Trinajstić information content (AvgIpc) is 0.918. The molecule has 0 aromatic carbocycles. The van der Waals surface area contributed by atoms with Crippen molar-refractivity contribution in [3.05, 3.63) is 0 Å². The van der Waals surface area contributed by atoms with Crippen molar-refractivity contribution in [2.24, 2.45) is 0 Å². The maximum Gasteiger partial charge on any atom is 0 e. The van der Waals surface area contributed by atoms with E-state index >= 15 is 0 Å². The third-order valence-electron chi connectivity index (χ3n) is 0. The van der Waals surface area contributed by atoms with Crippen LogP contribution in [0.4, 0.5) is 0 Å². The molecule has 0 aliphatic heterocycles. The van der Waals surface area contributed by atoms with Gasteiger partial charge in [-0.3, -0.25) is 0 Å². The molecule has 0 aromatic rings. The molecule has 0 unspecified atom stereocenters. The monoisotopic (exact) mass is 148 g/mol. The zero-order chi connectivity index (χ0) is 2.71. The van der Waals surface area contributed by atoms with Crippen molar-refractivity contribution in [1.82, 2.24) is 0 Å². The first-order valence-electron chi connectivity index (χ1n) is 0.750. The van der Waals surface area contributed by atoms with E-state index < -0.39 is 0 Å². The van der Waals surface area contributed by atoms with Crippen molar-refractivity contribution in [3.8, 4) is 0 Å². The maximum absolute atomic E-state index is 2.93. The Labute approximate surface area is 54.1 Å². The molecule has 0 aliphatic carbocycles. The summed E-state index contributed by atoms with van der Waals surface area (Å²) in [6.07, 6.45) is 0. The third-order valence-corrected chi connectivity index (χ3v) is 0. The first-order valence-corrected chi connectivity index (χ1v) is 1.25. The van der Waals surface area contributed by atoms with Crippen molar-refractivity contribution in [3.63, 3.8) is 0 Å². The molecule has 0 nitrogen and oxygen atoms in total. The van der Waals surface area contributed by atoms with Crippen LogP contribution < -0.4 is 0 Å². The fourth-order valence-electron chi connectivity index (χ4n) is 0. The van der Waals surface area contributed by atoms with E-state index in [1.807, 2.05) is 0 Å². The van der Waals surface area contributed by atoms with Gasteiger partial charge in [0.2, 0.25) is 0 Å². The zero-order valence-electron chi connectivity index (χ0n) is 2.58. The van der Waals surface area contributed by atoms with Crippen LogP contribution in [-0.2, 0) is 32.7 Å². The van der Waals surface area contributed by atoms with E-state index in [1.165, 1.54) is 0 Å². The van der Waals surface area contributed by atoms with Gasteiger partial charge in [-0.2, -0.15) is 6.92 Å². The second-order valence-electron chi connectivity index (χ2n) is 0.250. The minimum absolute atomic E-state index is 0. The van der Waals surface area contributed by atoms with Crippen LogP contribution in [0, 0.1) is 0 Å². The van der Waals surface area contributed by atoms with Gasteiger partial charge in [0.15, 0.2) is 0 Å². The smallest absolute Gasteiger partial charge is 0 e. The van der Waals surface area contributed by atoms with Crippen LogP contribution in [-0.4, -0.2) is 5.80 Å². The van der Waals surface area contributed by atoms with E-state index in [1.54, 1.807) is 6.92 Å². The van der Waals surface area contributed by atoms with E-state index in [2.05, 4.69) is 14.7 Å². The largest absolute Gasteiger partial charge is 0.474 e. The standard InChI is InChI=1S/C2H4P.Y/c1-2-3;/h3H,1H3;/q-1;. The zero-order valence-corrected chi connectivity index (χ0v) is 6.42. The molecule has 0 fully saturated rings. The Kier molecular flexibility index (Phi) is 19.9. The number of hydrogen-bond acceptors (Lipinski definition) is 0. The predicted octanol–water partition coefficient (Wildman–Crippen LogP) is 0.826. The van der Waals surface area contributed by atoms with E-state index in [9.17, 15) is 0 Å². The first-order chi connectivity index (χ1) is 1.41. The summed E-state index contributed by atoms with van der Waals surface area (Å²) < 4.78 is 0. The maximum atomic E-state index is 2.93. The SMILES string of the molecule is C[C-]=P.[Y]. The van der Waals surface area contributed by atoms with Crippen LogP contribution in [0.15, 0.2) is 0 Å². The fourth-order valence-corrected chi connectivity index (χ4v) is 0. The molecular weight excluding hydrogens is 144 g/mol. The molecule has 0 saturated carbocycles. The molecule has 0 aromatic heterocycles. The topological polar surface area (TPSA) is 0 Å². The summed E-state index contributed by atoms with van der Waals surface area (Å²) in [4.78, 5) is 0. The summed E-state index contributed by atoms with van der Waals surface area (Å²) in [6, 6.07) is 0. The number of rotatable bonds is 0. The minimum Gasteiger partial charge on any atom is -0.474 e. The van der Waals surface area contributed by atoms with Gasteiger partial charge in [-0.25, -0.2) is 0 Å². The molecule has 0 spiro atoms. The van der Waals surface area contributed by atoms with Crippen LogP contribution in [0.5, 0.6) is 0 Å². The Hall–Kier alpha value is 1.27. The molecule has 0 heterocycles. The minimum atomic E-state index is 0. The van der Waals surface area contributed by atoms with Crippen molar-refractivity contribution < 1.29 is 32.7 Å². The van der Waals surface area contributed by atoms with Crippen LogP contribution in [0.3, 0.4) is 0 Å². The molecule has 0 saturated heterocycles. The van der Waals surface area contributed by atoms with Crippen molar-refractivity contribution in [2.45, 2.75) is 6.92 Å². The Morgan fingerprint density at radius 2 is 1.75 bits per heavy atom. The summed E-state index contributed by atoms with van der Waals surface area (Å²) in [6.45, 7) is 1.79. The Balaban J connectivity index is 0. The molecule has 0 rings (SSSR count). The summed E-state index contributed by atoms with van der Waals surface area (Å²) in [5, 5.41) is 0. The molecule has 0 N–H and O–H groups in total. The quantitative estimate of drug-likeness (QED) is 0.352. The van der Waals surface area contributed by atoms with Gasteiger partial charge in [0.1, 0.15) is 0 Å². The van der Waals surface area contributed by atoms with Gasteiger partial charge >= 0.3 is 0 Å². The van der Waals surface area contributed by atoms with Gasteiger partial charge in [0.25, 0.3) is 0 Å². The second-order valence-corrected chi connectivity index (χ2v) is 0.750. The van der Waals surface area contributed by atoms with Crippen molar-refractivity contribution in [1.29, 1.82) is 0 Å². The van der Waals surface area contributed by atoms with Gasteiger partial charge < -0.3 is 14.7 Å². The summed E-state index contributed by atoms with van der Waals surface area (Å²) in [5.74, 6) is 2.56. The van der Waals surface area contributed by atoms with Crippen LogP contribution in [0.2, 0.25) is 0 Å². The van der Waals surface area contributed by atoms with Crippen LogP contribution in [0.25, 0.3) is 0 Å². The van der Waals surface area contributed by atoms with E-state index in [0.717, 1.165) is 0 Å². The first kappa shape index (κ1) is 8.99. The van der Waals surface area contributed by atoms with E-state index in [4.69, 9.17) is 0 Å². The average molecular weight is 148 g/mol. The van der Waals surface area contributed by atoms with Crippen LogP contribution in [0.1, 0.15) is 6.92 Å². The van der Waals surface area contributed by atoms with Gasteiger partial charge in [0.05, 0.1) is 0 Å². The molecule has 0 amide bonds. The predicted molar refractivity (Wildman–Crippen MR) is 19.0 cm³/mol. The Morgan fingerprint density at radius 1 is 1.75 bits per heavy atom. The molecule has 21 valence electrons. The molecule has 0 aliphatic rings. The second kappa shape index (κ2) is 8.86. The molecule has 0 atom stereocenters. The molecule has 0 bridgehead atoms. The third kappa shape index (κ3) is 10.4. The Bertz CT molecular complexity index is 13.5. The molecule has 4 heavy (non-hydrogen) atoms. The van der Waals surface area contributed by atoms with E-state index in [-0.39, 0.29) is 32.7 Å². The van der Waals surface area contributed by atoms with Gasteiger partial charge in [0, 0.05) is 32.7 Å². The Morgan fingerprint density at radius 3 is 1.75 bits per heavy atom. The van der Waals surface area contributed by atoms with Crippen molar-refractivity contribution in [2.75, 3.05) is 0 Å². The van der Waals surface area contributed by atoms with Crippen LogP contribution >= 0.6 is 8.86 Å². The molecule has 2 heteroatoms. The summed E-state index contributed by atoms with van der Waals surface area (Å²) in [7, 11) is 2.93. The van der Waals surface area contributed by atoms with E-state index in [0.29, 0.717) is 0 Å².